The van der Waals surface area contributed by atoms with Crippen LogP contribution in [-0.4, -0.2) is 39.9 Å². The molecule has 0 spiro atoms. The Morgan fingerprint density at radius 1 is 1.32 bits per heavy atom. The van der Waals surface area contributed by atoms with Crippen LogP contribution >= 0.6 is 0 Å². The van der Waals surface area contributed by atoms with Crippen LogP contribution < -0.4 is 0 Å². The molecule has 1 heterocycles. The highest BCUT2D eigenvalue weighted by molar-refractivity contribution is 7.74. The third-order valence-corrected chi connectivity index (χ3v) is 3.60. The summed E-state index contributed by atoms with van der Waals surface area (Å²) in [4.78, 5) is 2.31. The average molecular weight is 280 g/mol. The van der Waals surface area contributed by atoms with Crippen molar-refractivity contribution in [3.8, 4) is 0 Å². The van der Waals surface area contributed by atoms with Crippen molar-refractivity contribution < 1.29 is 12.9 Å². The summed E-state index contributed by atoms with van der Waals surface area (Å²) in [7, 11) is 0. The Kier molecular flexibility index (Phi) is 5.72. The van der Waals surface area contributed by atoms with Crippen molar-refractivity contribution in [1.82, 2.24) is 4.90 Å². The summed E-state index contributed by atoms with van der Waals surface area (Å²) in [6.45, 7) is 3.07. The maximum atomic E-state index is 10.2. The van der Waals surface area contributed by atoms with E-state index < -0.39 is 11.4 Å². The van der Waals surface area contributed by atoms with Gasteiger partial charge in [-0.05, 0) is 24.0 Å². The topological polar surface area (TPSA) is 52.6 Å². The predicted molar refractivity (Wildman–Crippen MR) is 75.0 cm³/mol. The molecule has 5 heteroatoms. The van der Waals surface area contributed by atoms with Crippen LogP contribution in [0.25, 0.3) is 5.57 Å². The minimum atomic E-state index is -2.38. The van der Waals surface area contributed by atoms with E-state index in [2.05, 4.69) is 39.4 Å². The maximum absolute atomic E-state index is 10.2. The first-order valence-electron chi connectivity index (χ1n) is 6.45. The van der Waals surface area contributed by atoms with Crippen LogP contribution in [0.5, 0.6) is 0 Å². The summed E-state index contributed by atoms with van der Waals surface area (Å²) < 4.78 is 24.9. The van der Waals surface area contributed by atoms with Crippen LogP contribution in [0.1, 0.15) is 18.4 Å². The quantitative estimate of drug-likeness (QED) is 0.590. The van der Waals surface area contributed by atoms with E-state index in [1.807, 2.05) is 6.07 Å². The van der Waals surface area contributed by atoms with Gasteiger partial charge in [0.15, 0.2) is 0 Å². The highest BCUT2D eigenvalue weighted by atomic mass is 32.2. The summed E-state index contributed by atoms with van der Waals surface area (Å²) in [5.41, 5.74) is 2.70. The summed E-state index contributed by atoms with van der Waals surface area (Å²) in [6, 6.07) is 10.4. The first-order chi connectivity index (χ1) is 9.25. The van der Waals surface area contributed by atoms with Crippen LogP contribution in [0, 0.1) is 0 Å². The molecule has 0 radical (unpaired) electrons. The van der Waals surface area contributed by atoms with Gasteiger partial charge in [0.2, 0.25) is 0 Å². The third-order valence-electron chi connectivity index (χ3n) is 3.24. The molecule has 0 amide bonds. The van der Waals surface area contributed by atoms with Gasteiger partial charge in [0, 0.05) is 19.6 Å². The van der Waals surface area contributed by atoms with Crippen molar-refractivity contribution in [3.63, 3.8) is 0 Å². The highest BCUT2D eigenvalue weighted by Gasteiger charge is 2.12. The first-order valence-corrected chi connectivity index (χ1v) is 7.45. The van der Waals surface area contributed by atoms with Gasteiger partial charge >= 0.3 is 0 Å². The van der Waals surface area contributed by atoms with Crippen LogP contribution in [0.15, 0.2) is 36.4 Å². The molecule has 1 aromatic carbocycles. The first kappa shape index (κ1) is 14.4. The van der Waals surface area contributed by atoms with Gasteiger partial charge in [-0.2, -0.15) is 0 Å². The van der Waals surface area contributed by atoms with Crippen molar-refractivity contribution in [1.29, 1.82) is 0 Å². The lowest BCUT2D eigenvalue weighted by Crippen LogP contribution is -2.30. The summed E-state index contributed by atoms with van der Waals surface area (Å²) in [5, 5.41) is 0. The Morgan fingerprint density at radius 2 is 2.11 bits per heavy atom. The van der Waals surface area contributed by atoms with Gasteiger partial charge in [0.05, 0.1) is 18.0 Å². The summed E-state index contributed by atoms with van der Waals surface area (Å²) in [6.07, 6.45) is 4.03. The van der Waals surface area contributed by atoms with Gasteiger partial charge in [-0.3, -0.25) is 4.90 Å². The van der Waals surface area contributed by atoms with E-state index >= 15 is 0 Å². The van der Waals surface area contributed by atoms with Crippen LogP contribution in [0.4, 0.5) is 0 Å². The second kappa shape index (κ2) is 7.55. The van der Waals surface area contributed by atoms with E-state index in [0.29, 0.717) is 0 Å². The Bertz CT molecular complexity index is 447. The van der Waals surface area contributed by atoms with Crippen molar-refractivity contribution >= 4 is 16.9 Å². The Hall–Kier alpha value is -1.01. The minimum Gasteiger partial charge on any atom is -0.750 e. The van der Waals surface area contributed by atoms with Gasteiger partial charge < -0.3 is 8.74 Å². The van der Waals surface area contributed by atoms with Crippen LogP contribution in [-0.2, 0) is 15.5 Å². The van der Waals surface area contributed by atoms with Crippen molar-refractivity contribution in [3.05, 3.63) is 42.0 Å². The van der Waals surface area contributed by atoms with Crippen LogP contribution in [0.2, 0.25) is 0 Å². The monoisotopic (exact) mass is 280 g/mol. The van der Waals surface area contributed by atoms with E-state index in [1.165, 1.54) is 11.1 Å². The summed E-state index contributed by atoms with van der Waals surface area (Å²) in [5.74, 6) is 0. The molecule has 0 saturated carbocycles. The predicted octanol–water partition coefficient (Wildman–Crippen LogP) is 1.98. The second-order valence-electron chi connectivity index (χ2n) is 4.53. The molecule has 0 saturated heterocycles. The van der Waals surface area contributed by atoms with Gasteiger partial charge in [0.25, 0.3) is 0 Å². The second-order valence-corrected chi connectivity index (χ2v) is 5.17. The molecule has 1 aliphatic rings. The van der Waals surface area contributed by atoms with Gasteiger partial charge in [-0.25, -0.2) is 4.21 Å². The number of nitrogens with zero attached hydrogens (tertiary/aromatic N) is 1. The molecular weight excluding hydrogens is 262 g/mol. The lowest BCUT2D eigenvalue weighted by atomic mass is 9.99. The third kappa shape index (κ3) is 4.87. The van der Waals surface area contributed by atoms with E-state index in [0.717, 1.165) is 32.5 Å². The Balaban J connectivity index is 1.75. The zero-order valence-electron chi connectivity index (χ0n) is 10.8. The SMILES string of the molecule is O=S([O-])OCCCN1CC=C(c2ccccc2)CC1. The molecule has 1 atom stereocenters. The number of hydrogen-bond donors (Lipinski definition) is 0. The standard InChI is InChI=1S/C14H19NO3S/c16-19(17)18-12-4-9-15-10-7-14(8-11-15)13-5-2-1-3-6-13/h1-3,5-7H,4,8-12H2,(H,16,17)/p-1. The van der Waals surface area contributed by atoms with E-state index in [9.17, 15) is 8.76 Å². The summed E-state index contributed by atoms with van der Waals surface area (Å²) >= 11 is -2.38. The lowest BCUT2D eigenvalue weighted by molar-refractivity contribution is 0.245. The Morgan fingerprint density at radius 3 is 2.74 bits per heavy atom. The Labute approximate surface area is 116 Å². The average Bonchev–Trinajstić information content (AvgIpc) is 2.45. The van der Waals surface area contributed by atoms with Gasteiger partial charge in [-0.1, -0.05) is 36.4 Å². The van der Waals surface area contributed by atoms with Gasteiger partial charge in [0.1, 0.15) is 0 Å². The zero-order chi connectivity index (χ0) is 13.5. The number of benzene rings is 1. The molecule has 0 aliphatic carbocycles. The van der Waals surface area contributed by atoms with E-state index in [1.54, 1.807) is 0 Å². The van der Waals surface area contributed by atoms with Crippen molar-refractivity contribution in [2.45, 2.75) is 12.8 Å². The smallest absolute Gasteiger partial charge is 0.0842 e. The molecule has 104 valence electrons. The fourth-order valence-corrected chi connectivity index (χ4v) is 2.50. The molecule has 2 rings (SSSR count). The van der Waals surface area contributed by atoms with Crippen molar-refractivity contribution in [2.24, 2.45) is 0 Å². The normalized spacial score (nSPS) is 18.1. The molecule has 0 fully saturated rings. The van der Waals surface area contributed by atoms with E-state index in [4.69, 9.17) is 0 Å². The zero-order valence-corrected chi connectivity index (χ0v) is 11.6. The van der Waals surface area contributed by atoms with Crippen molar-refractivity contribution in [2.75, 3.05) is 26.2 Å². The fourth-order valence-electron chi connectivity index (χ4n) is 2.24. The molecule has 1 aliphatic heterocycles. The highest BCUT2D eigenvalue weighted by Crippen LogP contribution is 2.21. The molecule has 4 nitrogen and oxygen atoms in total. The number of rotatable bonds is 6. The molecule has 0 aromatic heterocycles. The largest absolute Gasteiger partial charge is 0.750 e. The number of hydrogen-bond acceptors (Lipinski definition) is 4. The lowest BCUT2D eigenvalue weighted by Gasteiger charge is -2.26. The van der Waals surface area contributed by atoms with Gasteiger partial charge in [-0.15, -0.1) is 0 Å². The molecule has 1 unspecified atom stereocenters. The van der Waals surface area contributed by atoms with Crippen LogP contribution in [0.3, 0.4) is 0 Å². The molecule has 0 N–H and O–H groups in total. The minimum absolute atomic E-state index is 0.266. The molecular formula is C14H18NO3S-. The molecule has 1 aromatic rings. The molecule has 19 heavy (non-hydrogen) atoms. The molecule has 0 bridgehead atoms. The van der Waals surface area contributed by atoms with E-state index in [-0.39, 0.29) is 6.61 Å². The maximum Gasteiger partial charge on any atom is 0.0842 e. The fraction of sp³-hybridized carbons (Fsp3) is 0.429.